The summed E-state index contributed by atoms with van der Waals surface area (Å²) in [6.07, 6.45) is 0. The van der Waals surface area contributed by atoms with Gasteiger partial charge in [0, 0.05) is 12.1 Å². The maximum atomic E-state index is 13.6. The van der Waals surface area contributed by atoms with Gasteiger partial charge in [-0.1, -0.05) is 48.0 Å². The molecule has 0 atom stereocenters. The number of halogens is 1. The number of esters is 1. The van der Waals surface area contributed by atoms with Crippen LogP contribution in [-0.4, -0.2) is 33.9 Å². The lowest BCUT2D eigenvalue weighted by Crippen LogP contribution is -2.30. The van der Waals surface area contributed by atoms with E-state index in [1.165, 1.54) is 35.6 Å². The van der Waals surface area contributed by atoms with E-state index in [0.29, 0.717) is 10.7 Å². The van der Waals surface area contributed by atoms with Gasteiger partial charge >= 0.3 is 5.97 Å². The Balaban J connectivity index is 1.96. The van der Waals surface area contributed by atoms with E-state index in [-0.39, 0.29) is 17.0 Å². The van der Waals surface area contributed by atoms with Crippen molar-refractivity contribution in [3.63, 3.8) is 0 Å². The number of anilines is 1. The van der Waals surface area contributed by atoms with Crippen LogP contribution in [0.5, 0.6) is 0 Å². The molecule has 0 spiro atoms. The molecule has 3 aromatic rings. The Morgan fingerprint density at radius 1 is 0.969 bits per heavy atom. The summed E-state index contributed by atoms with van der Waals surface area (Å²) in [5, 5.41) is 2.82. The zero-order valence-corrected chi connectivity index (χ0v) is 18.8. The summed E-state index contributed by atoms with van der Waals surface area (Å²) in [5.41, 5.74) is 1.23. The third kappa shape index (κ3) is 5.66. The smallest absolute Gasteiger partial charge is 0.338 e. The number of nitrogens with one attached hydrogen (secondary N) is 1. The van der Waals surface area contributed by atoms with Crippen molar-refractivity contribution in [3.05, 3.63) is 95.0 Å². The third-order valence-electron chi connectivity index (χ3n) is 4.55. The zero-order chi connectivity index (χ0) is 23.1. The highest BCUT2D eigenvalue weighted by atomic mass is 35.5. The summed E-state index contributed by atoms with van der Waals surface area (Å²) in [6.45, 7) is -0.382. The number of carbonyl (C=O) groups excluding carboxylic acids is 2. The average Bonchev–Trinajstić information content (AvgIpc) is 2.82. The van der Waals surface area contributed by atoms with Crippen LogP contribution in [-0.2, 0) is 26.1 Å². The fraction of sp³-hybridized carbons (Fsp3) is 0.130. The van der Waals surface area contributed by atoms with Crippen molar-refractivity contribution >= 4 is 39.2 Å². The van der Waals surface area contributed by atoms with Crippen molar-refractivity contribution in [2.45, 2.75) is 11.4 Å². The molecule has 0 heterocycles. The molecule has 0 saturated heterocycles. The van der Waals surface area contributed by atoms with Gasteiger partial charge in [-0.3, -0.25) is 9.10 Å². The molecule has 3 aromatic carbocycles. The summed E-state index contributed by atoms with van der Waals surface area (Å²) in [4.78, 5) is 23.5. The SMILES string of the molecule is CNC(=O)COC(=O)c1cccc(S(=O)(=O)N(Cc2ccccc2)c2ccc(Cl)cc2)c1. The minimum Gasteiger partial charge on any atom is -0.452 e. The lowest BCUT2D eigenvalue weighted by molar-refractivity contribution is -0.123. The van der Waals surface area contributed by atoms with Crippen molar-refractivity contribution in [3.8, 4) is 0 Å². The molecule has 0 saturated carbocycles. The van der Waals surface area contributed by atoms with Crippen LogP contribution in [0.1, 0.15) is 15.9 Å². The largest absolute Gasteiger partial charge is 0.452 e. The molecule has 0 aliphatic rings. The van der Waals surface area contributed by atoms with Gasteiger partial charge in [0.05, 0.1) is 22.7 Å². The number of carbonyl (C=O) groups is 2. The summed E-state index contributed by atoms with van der Waals surface area (Å²) in [5.74, 6) is -1.27. The summed E-state index contributed by atoms with van der Waals surface area (Å²) >= 11 is 5.98. The summed E-state index contributed by atoms with van der Waals surface area (Å²) < 4.78 is 33.3. The molecule has 0 radical (unpaired) electrons. The molecule has 0 aliphatic carbocycles. The molecule has 166 valence electrons. The van der Waals surface area contributed by atoms with Crippen molar-refractivity contribution < 1.29 is 22.7 Å². The maximum absolute atomic E-state index is 13.6. The lowest BCUT2D eigenvalue weighted by Gasteiger charge is -2.25. The van der Waals surface area contributed by atoms with E-state index >= 15 is 0 Å². The number of benzene rings is 3. The fourth-order valence-electron chi connectivity index (χ4n) is 2.87. The van der Waals surface area contributed by atoms with E-state index < -0.39 is 28.5 Å². The Kier molecular flexibility index (Phi) is 7.50. The Morgan fingerprint density at radius 3 is 2.31 bits per heavy atom. The lowest BCUT2D eigenvalue weighted by atomic mass is 10.2. The summed E-state index contributed by atoms with van der Waals surface area (Å²) in [6, 6.07) is 21.1. The Hall–Kier alpha value is -3.36. The molecule has 7 nitrogen and oxygen atoms in total. The molecular weight excluding hydrogens is 452 g/mol. The predicted octanol–water partition coefficient (Wildman–Crippen LogP) is 3.64. The van der Waals surface area contributed by atoms with Gasteiger partial charge in [0.2, 0.25) is 0 Å². The monoisotopic (exact) mass is 472 g/mol. The molecule has 0 aliphatic heterocycles. The number of sulfonamides is 1. The van der Waals surface area contributed by atoms with Crippen LogP contribution >= 0.6 is 11.6 Å². The van der Waals surface area contributed by atoms with E-state index in [9.17, 15) is 18.0 Å². The second-order valence-electron chi connectivity index (χ2n) is 6.75. The van der Waals surface area contributed by atoms with E-state index in [2.05, 4.69) is 5.32 Å². The van der Waals surface area contributed by atoms with Gasteiger partial charge in [-0.05, 0) is 48.0 Å². The first-order valence-electron chi connectivity index (χ1n) is 9.61. The Labute approximate surface area is 191 Å². The highest BCUT2D eigenvalue weighted by molar-refractivity contribution is 7.92. The van der Waals surface area contributed by atoms with Crippen molar-refractivity contribution in [2.24, 2.45) is 0 Å². The molecule has 3 rings (SSSR count). The number of hydrogen-bond donors (Lipinski definition) is 1. The zero-order valence-electron chi connectivity index (χ0n) is 17.2. The minimum absolute atomic E-state index is 0.0192. The topological polar surface area (TPSA) is 92.8 Å². The quantitative estimate of drug-likeness (QED) is 0.505. The molecule has 0 bridgehead atoms. The molecule has 1 amide bonds. The second kappa shape index (κ2) is 10.3. The number of nitrogens with zero attached hydrogens (tertiary/aromatic N) is 1. The molecule has 1 N–H and O–H groups in total. The van der Waals surface area contributed by atoms with E-state index in [1.54, 1.807) is 24.3 Å². The molecule has 0 unspecified atom stereocenters. The van der Waals surface area contributed by atoms with Crippen LogP contribution in [0.25, 0.3) is 0 Å². The first-order valence-corrected chi connectivity index (χ1v) is 11.4. The highest BCUT2D eigenvalue weighted by Gasteiger charge is 2.26. The molecule has 9 heteroatoms. The van der Waals surface area contributed by atoms with Gasteiger partial charge in [0.1, 0.15) is 0 Å². The molecule has 0 aromatic heterocycles. The second-order valence-corrected chi connectivity index (χ2v) is 9.05. The first kappa shape index (κ1) is 23.3. The van der Waals surface area contributed by atoms with Crippen LogP contribution in [0.2, 0.25) is 5.02 Å². The number of amides is 1. The van der Waals surface area contributed by atoms with Crippen LogP contribution < -0.4 is 9.62 Å². The van der Waals surface area contributed by atoms with Gasteiger partial charge in [0.25, 0.3) is 15.9 Å². The van der Waals surface area contributed by atoms with Crippen LogP contribution in [0, 0.1) is 0 Å². The van der Waals surface area contributed by atoms with Crippen LogP contribution in [0.15, 0.2) is 83.8 Å². The predicted molar refractivity (Wildman–Crippen MR) is 122 cm³/mol. The van der Waals surface area contributed by atoms with Gasteiger partial charge in [0.15, 0.2) is 6.61 Å². The molecular formula is C23H21ClN2O5S. The number of rotatable bonds is 8. The number of likely N-dealkylation sites (N-methyl/N-ethyl adjacent to an activating group) is 1. The third-order valence-corrected chi connectivity index (χ3v) is 6.58. The van der Waals surface area contributed by atoms with Gasteiger partial charge < -0.3 is 10.1 Å². The average molecular weight is 473 g/mol. The normalized spacial score (nSPS) is 10.9. The fourth-order valence-corrected chi connectivity index (χ4v) is 4.49. The Bertz CT molecular complexity index is 1200. The van der Waals surface area contributed by atoms with E-state index in [1.807, 2.05) is 30.3 Å². The standard InChI is InChI=1S/C23H21ClN2O5S/c1-25-22(27)16-31-23(28)18-8-5-9-21(14-18)32(29,30)26(15-17-6-3-2-4-7-17)20-12-10-19(24)11-13-20/h2-14H,15-16H2,1H3,(H,25,27). The number of ether oxygens (including phenoxy) is 1. The Morgan fingerprint density at radius 2 is 1.66 bits per heavy atom. The van der Waals surface area contributed by atoms with Gasteiger partial charge in [-0.25, -0.2) is 13.2 Å². The highest BCUT2D eigenvalue weighted by Crippen LogP contribution is 2.28. The number of hydrogen-bond acceptors (Lipinski definition) is 5. The minimum atomic E-state index is -4.05. The van der Waals surface area contributed by atoms with Crippen molar-refractivity contribution in [2.75, 3.05) is 18.0 Å². The van der Waals surface area contributed by atoms with Gasteiger partial charge in [-0.15, -0.1) is 0 Å². The van der Waals surface area contributed by atoms with E-state index in [0.717, 1.165) is 5.56 Å². The molecule has 32 heavy (non-hydrogen) atoms. The van der Waals surface area contributed by atoms with Crippen LogP contribution in [0.4, 0.5) is 5.69 Å². The van der Waals surface area contributed by atoms with Crippen molar-refractivity contribution in [1.29, 1.82) is 0 Å². The first-order chi connectivity index (χ1) is 15.3. The van der Waals surface area contributed by atoms with Crippen LogP contribution in [0.3, 0.4) is 0 Å². The molecule has 0 fully saturated rings. The van der Waals surface area contributed by atoms with Crippen molar-refractivity contribution in [1.82, 2.24) is 5.32 Å². The van der Waals surface area contributed by atoms with Gasteiger partial charge in [-0.2, -0.15) is 0 Å². The summed E-state index contributed by atoms with van der Waals surface area (Å²) in [7, 11) is -2.64. The maximum Gasteiger partial charge on any atom is 0.338 e. The van der Waals surface area contributed by atoms with E-state index in [4.69, 9.17) is 16.3 Å².